The first-order valence-corrected chi connectivity index (χ1v) is 4.26. The SMILES string of the molecule is Fc1ccc(F)c(CI)c1. The normalized spacial score (nSPS) is 9.90. The van der Waals surface area contributed by atoms with Crippen LogP contribution in [0.3, 0.4) is 0 Å². The van der Waals surface area contributed by atoms with E-state index in [4.69, 9.17) is 0 Å². The summed E-state index contributed by atoms with van der Waals surface area (Å²) in [6, 6.07) is 3.47. The van der Waals surface area contributed by atoms with Crippen molar-refractivity contribution in [1.29, 1.82) is 0 Å². The van der Waals surface area contributed by atoms with E-state index in [1.54, 1.807) is 0 Å². The fraction of sp³-hybridized carbons (Fsp3) is 0.143. The molecule has 0 amide bonds. The number of halogens is 3. The molecule has 0 bridgehead atoms. The van der Waals surface area contributed by atoms with E-state index >= 15 is 0 Å². The van der Waals surface area contributed by atoms with Gasteiger partial charge >= 0.3 is 0 Å². The molecule has 3 heteroatoms. The minimum absolute atomic E-state index is 0.337. The Morgan fingerprint density at radius 2 is 2.00 bits per heavy atom. The molecule has 1 aromatic carbocycles. The minimum Gasteiger partial charge on any atom is -0.207 e. The number of hydrogen-bond acceptors (Lipinski definition) is 0. The van der Waals surface area contributed by atoms with E-state index in [0.29, 0.717) is 9.99 Å². The van der Waals surface area contributed by atoms with Crippen LogP contribution in [0.5, 0.6) is 0 Å². The van der Waals surface area contributed by atoms with Gasteiger partial charge < -0.3 is 0 Å². The summed E-state index contributed by atoms with van der Waals surface area (Å²) < 4.78 is 25.5. The van der Waals surface area contributed by atoms with Crippen molar-refractivity contribution in [3.8, 4) is 0 Å². The van der Waals surface area contributed by atoms with E-state index in [1.165, 1.54) is 6.07 Å². The molecule has 0 aliphatic heterocycles. The molecule has 0 nitrogen and oxygen atoms in total. The zero-order valence-corrected chi connectivity index (χ0v) is 7.23. The Morgan fingerprint density at radius 3 is 2.50 bits per heavy atom. The number of alkyl halides is 1. The lowest BCUT2D eigenvalue weighted by Crippen LogP contribution is -1.86. The van der Waals surface area contributed by atoms with Crippen LogP contribution in [-0.2, 0) is 4.43 Å². The average molecular weight is 254 g/mol. The maximum Gasteiger partial charge on any atom is 0.127 e. The van der Waals surface area contributed by atoms with Crippen molar-refractivity contribution in [2.75, 3.05) is 0 Å². The van der Waals surface area contributed by atoms with Crippen LogP contribution in [-0.4, -0.2) is 0 Å². The lowest BCUT2D eigenvalue weighted by atomic mass is 10.2. The van der Waals surface area contributed by atoms with Gasteiger partial charge in [0.25, 0.3) is 0 Å². The molecule has 0 aliphatic rings. The van der Waals surface area contributed by atoms with Gasteiger partial charge in [0.15, 0.2) is 0 Å². The van der Waals surface area contributed by atoms with Crippen molar-refractivity contribution in [2.24, 2.45) is 0 Å². The average Bonchev–Trinajstić information content (AvgIpc) is 1.94. The van der Waals surface area contributed by atoms with Gasteiger partial charge in [0.1, 0.15) is 11.6 Å². The Hall–Kier alpha value is -0.190. The molecule has 0 unspecified atom stereocenters. The number of rotatable bonds is 1. The third-order valence-electron chi connectivity index (χ3n) is 1.15. The van der Waals surface area contributed by atoms with E-state index < -0.39 is 0 Å². The smallest absolute Gasteiger partial charge is 0.127 e. The molecular weight excluding hydrogens is 249 g/mol. The fourth-order valence-electron chi connectivity index (χ4n) is 0.646. The highest BCUT2D eigenvalue weighted by atomic mass is 127. The highest BCUT2D eigenvalue weighted by Gasteiger charge is 2.00. The molecule has 0 N–H and O–H groups in total. The van der Waals surface area contributed by atoms with Gasteiger partial charge in [0, 0.05) is 9.99 Å². The Kier molecular flexibility index (Phi) is 2.59. The number of hydrogen-bond donors (Lipinski definition) is 0. The highest BCUT2D eigenvalue weighted by Crippen LogP contribution is 2.12. The third-order valence-corrected chi connectivity index (χ3v) is 1.97. The summed E-state index contributed by atoms with van der Waals surface area (Å²) in [6.45, 7) is 0. The van der Waals surface area contributed by atoms with Gasteiger partial charge in [-0.25, -0.2) is 8.78 Å². The Labute approximate surface area is 71.4 Å². The molecule has 1 aromatic rings. The van der Waals surface area contributed by atoms with Crippen LogP contribution in [0.4, 0.5) is 8.78 Å². The standard InChI is InChI=1S/C7H5F2I/c8-6-1-2-7(9)5(3-6)4-10/h1-3H,4H2. The molecule has 0 heterocycles. The summed E-state index contributed by atoms with van der Waals surface area (Å²) in [7, 11) is 0. The Bertz CT molecular complexity index is 235. The molecule has 0 aliphatic carbocycles. The van der Waals surface area contributed by atoms with Crippen molar-refractivity contribution < 1.29 is 8.78 Å². The molecule has 0 saturated carbocycles. The van der Waals surface area contributed by atoms with E-state index in [2.05, 4.69) is 0 Å². The molecule has 10 heavy (non-hydrogen) atoms. The lowest BCUT2D eigenvalue weighted by molar-refractivity contribution is 0.592. The minimum atomic E-state index is -0.381. The van der Waals surface area contributed by atoms with Gasteiger partial charge in [-0.05, 0) is 18.2 Å². The highest BCUT2D eigenvalue weighted by molar-refractivity contribution is 14.1. The molecule has 0 spiro atoms. The zero-order chi connectivity index (χ0) is 7.56. The van der Waals surface area contributed by atoms with Gasteiger partial charge in [-0.3, -0.25) is 0 Å². The monoisotopic (exact) mass is 254 g/mol. The van der Waals surface area contributed by atoms with Crippen molar-refractivity contribution in [1.82, 2.24) is 0 Å². The van der Waals surface area contributed by atoms with E-state index in [1.807, 2.05) is 22.6 Å². The van der Waals surface area contributed by atoms with Crippen molar-refractivity contribution in [3.63, 3.8) is 0 Å². The predicted octanol–water partition coefficient (Wildman–Crippen LogP) is 2.90. The molecule has 0 aromatic heterocycles. The summed E-state index contributed by atoms with van der Waals surface area (Å²) in [5, 5.41) is 0. The first kappa shape index (κ1) is 7.91. The topological polar surface area (TPSA) is 0 Å². The van der Waals surface area contributed by atoms with Crippen LogP contribution in [0.25, 0.3) is 0 Å². The van der Waals surface area contributed by atoms with Crippen molar-refractivity contribution >= 4 is 22.6 Å². The lowest BCUT2D eigenvalue weighted by Gasteiger charge is -1.96. The molecule has 0 atom stereocenters. The van der Waals surface area contributed by atoms with Crippen molar-refractivity contribution in [3.05, 3.63) is 35.4 Å². The largest absolute Gasteiger partial charge is 0.207 e. The summed E-state index contributed by atoms with van der Waals surface area (Å²) in [4.78, 5) is 0. The number of benzene rings is 1. The molecule has 0 radical (unpaired) electrons. The maximum atomic E-state index is 12.6. The maximum absolute atomic E-state index is 12.6. The second-order valence-electron chi connectivity index (χ2n) is 1.87. The molecule has 0 saturated heterocycles. The van der Waals surface area contributed by atoms with Crippen LogP contribution in [0.1, 0.15) is 5.56 Å². The van der Waals surface area contributed by atoms with Gasteiger partial charge in [0.05, 0.1) is 0 Å². The van der Waals surface area contributed by atoms with Crippen molar-refractivity contribution in [2.45, 2.75) is 4.43 Å². The predicted molar refractivity (Wildman–Crippen MR) is 44.1 cm³/mol. The van der Waals surface area contributed by atoms with Gasteiger partial charge in [-0.15, -0.1) is 0 Å². The Morgan fingerprint density at radius 1 is 1.30 bits per heavy atom. The fourth-order valence-corrected chi connectivity index (χ4v) is 1.23. The molecule has 54 valence electrons. The van der Waals surface area contributed by atoms with Crippen LogP contribution in [0, 0.1) is 11.6 Å². The van der Waals surface area contributed by atoms with Gasteiger partial charge in [-0.2, -0.15) is 0 Å². The first-order chi connectivity index (χ1) is 4.74. The summed E-state index contributed by atoms with van der Waals surface area (Å²) in [6.07, 6.45) is 0. The molecular formula is C7H5F2I. The van der Waals surface area contributed by atoms with E-state index in [-0.39, 0.29) is 11.6 Å². The van der Waals surface area contributed by atoms with Crippen LogP contribution in [0.2, 0.25) is 0 Å². The summed E-state index contributed by atoms with van der Waals surface area (Å²) >= 11 is 1.99. The second-order valence-corrected chi connectivity index (χ2v) is 2.63. The van der Waals surface area contributed by atoms with E-state index in [9.17, 15) is 8.78 Å². The van der Waals surface area contributed by atoms with E-state index in [0.717, 1.165) is 12.1 Å². The first-order valence-electron chi connectivity index (χ1n) is 2.74. The second kappa shape index (κ2) is 3.27. The summed E-state index contributed by atoms with van der Waals surface area (Å²) in [5.41, 5.74) is 0.417. The Balaban J connectivity index is 3.09. The van der Waals surface area contributed by atoms with Gasteiger partial charge in [-0.1, -0.05) is 22.6 Å². The quantitative estimate of drug-likeness (QED) is 0.534. The van der Waals surface area contributed by atoms with Crippen LogP contribution >= 0.6 is 22.6 Å². The van der Waals surface area contributed by atoms with Crippen LogP contribution < -0.4 is 0 Å². The third kappa shape index (κ3) is 1.65. The molecule has 0 fully saturated rings. The molecule has 1 rings (SSSR count). The van der Waals surface area contributed by atoms with Crippen LogP contribution in [0.15, 0.2) is 18.2 Å². The zero-order valence-electron chi connectivity index (χ0n) is 5.07. The van der Waals surface area contributed by atoms with Gasteiger partial charge in [0.2, 0.25) is 0 Å². The summed E-state index contributed by atoms with van der Waals surface area (Å²) in [5.74, 6) is -0.719.